The highest BCUT2D eigenvalue weighted by Gasteiger charge is 2.11. The molecule has 0 aliphatic carbocycles. The smallest absolute Gasteiger partial charge is 0.269 e. The van der Waals surface area contributed by atoms with Crippen LogP contribution in [0.25, 0.3) is 5.69 Å². The Bertz CT molecular complexity index is 924. The number of carbonyl (C=O) groups is 1. The number of carbonyl (C=O) groups excluding carboxylic acids is 1. The molecule has 126 valence electrons. The summed E-state index contributed by atoms with van der Waals surface area (Å²) in [5, 5.41) is 3.99. The zero-order valence-electron chi connectivity index (χ0n) is 13.1. The second-order valence-corrected chi connectivity index (χ2v) is 5.15. The maximum Gasteiger partial charge on any atom is 0.295 e. The van der Waals surface area contributed by atoms with Crippen molar-refractivity contribution in [1.82, 2.24) is 15.3 Å². The van der Waals surface area contributed by atoms with Crippen molar-refractivity contribution in [3.8, 4) is 5.69 Å². The quantitative estimate of drug-likeness (QED) is 0.724. The lowest BCUT2D eigenvalue weighted by molar-refractivity contribution is 0.0228. The average Bonchev–Trinajstić information content (AvgIpc) is 2.64. The molecule has 1 N–H and O–H groups in total. The first-order valence-corrected chi connectivity index (χ1v) is 7.46. The van der Waals surface area contributed by atoms with Crippen molar-refractivity contribution in [2.45, 2.75) is 6.61 Å². The Morgan fingerprint density at radius 3 is 2.48 bits per heavy atom. The molecule has 3 rings (SSSR count). The summed E-state index contributed by atoms with van der Waals surface area (Å²) in [6, 6.07) is 17.0. The molecule has 0 saturated carbocycles. The van der Waals surface area contributed by atoms with Gasteiger partial charge in [0, 0.05) is 6.07 Å². The largest absolute Gasteiger partial charge is 0.295 e. The third-order valence-electron chi connectivity index (χ3n) is 3.35. The van der Waals surface area contributed by atoms with Crippen LogP contribution in [0.5, 0.6) is 0 Å². The van der Waals surface area contributed by atoms with Crippen LogP contribution >= 0.6 is 0 Å². The van der Waals surface area contributed by atoms with E-state index >= 15 is 0 Å². The number of amides is 1. The first kappa shape index (κ1) is 16.5. The SMILES string of the molecule is O=C(NOCc1ccccc1)c1ccc(=O)n(-c2ccc(F)cc2)n1. The van der Waals surface area contributed by atoms with Crippen molar-refractivity contribution in [1.29, 1.82) is 0 Å². The van der Waals surface area contributed by atoms with Crippen molar-refractivity contribution in [3.63, 3.8) is 0 Å². The Hall–Kier alpha value is -3.32. The van der Waals surface area contributed by atoms with E-state index in [9.17, 15) is 14.0 Å². The summed E-state index contributed by atoms with van der Waals surface area (Å²) in [6.07, 6.45) is 0. The van der Waals surface area contributed by atoms with E-state index in [2.05, 4.69) is 10.6 Å². The van der Waals surface area contributed by atoms with Crippen molar-refractivity contribution >= 4 is 5.91 Å². The second kappa shape index (κ2) is 7.50. The monoisotopic (exact) mass is 339 g/mol. The Kier molecular flexibility index (Phi) is 4.96. The second-order valence-electron chi connectivity index (χ2n) is 5.15. The molecule has 0 atom stereocenters. The molecule has 0 aliphatic heterocycles. The number of rotatable bonds is 5. The minimum atomic E-state index is -0.591. The molecule has 1 amide bonds. The first-order valence-electron chi connectivity index (χ1n) is 7.46. The van der Waals surface area contributed by atoms with Crippen LogP contribution in [0.2, 0.25) is 0 Å². The normalized spacial score (nSPS) is 10.4. The van der Waals surface area contributed by atoms with Crippen LogP contribution in [0.4, 0.5) is 4.39 Å². The molecule has 0 unspecified atom stereocenters. The maximum absolute atomic E-state index is 13.0. The number of nitrogens with zero attached hydrogens (tertiary/aromatic N) is 2. The molecular formula is C18H14FN3O3. The van der Waals surface area contributed by atoms with Gasteiger partial charge in [0.25, 0.3) is 11.5 Å². The molecule has 0 fully saturated rings. The van der Waals surface area contributed by atoms with E-state index in [0.29, 0.717) is 5.69 Å². The fourth-order valence-electron chi connectivity index (χ4n) is 2.11. The number of hydroxylamine groups is 1. The molecule has 7 heteroatoms. The predicted octanol–water partition coefficient (Wildman–Crippen LogP) is 2.23. The third-order valence-corrected chi connectivity index (χ3v) is 3.35. The van der Waals surface area contributed by atoms with E-state index in [4.69, 9.17) is 4.84 Å². The summed E-state index contributed by atoms with van der Waals surface area (Å²) in [5.41, 5.74) is 3.09. The minimum Gasteiger partial charge on any atom is -0.269 e. The van der Waals surface area contributed by atoms with E-state index < -0.39 is 17.3 Å². The van der Waals surface area contributed by atoms with Gasteiger partial charge in [0.05, 0.1) is 12.3 Å². The highest BCUT2D eigenvalue weighted by Crippen LogP contribution is 2.06. The van der Waals surface area contributed by atoms with E-state index in [0.717, 1.165) is 10.2 Å². The number of nitrogens with one attached hydrogen (secondary N) is 1. The summed E-state index contributed by atoms with van der Waals surface area (Å²) in [5.74, 6) is -1.02. The van der Waals surface area contributed by atoms with Crippen LogP contribution in [0.3, 0.4) is 0 Å². The van der Waals surface area contributed by atoms with Gasteiger partial charge in [-0.15, -0.1) is 0 Å². The number of hydrogen-bond donors (Lipinski definition) is 1. The highest BCUT2D eigenvalue weighted by molar-refractivity contribution is 5.91. The number of halogens is 1. The third kappa shape index (κ3) is 4.15. The number of aromatic nitrogens is 2. The van der Waals surface area contributed by atoms with E-state index in [1.54, 1.807) is 0 Å². The van der Waals surface area contributed by atoms with Gasteiger partial charge in [0.15, 0.2) is 5.69 Å². The van der Waals surface area contributed by atoms with Crippen molar-refractivity contribution < 1.29 is 14.0 Å². The lowest BCUT2D eigenvalue weighted by atomic mass is 10.2. The molecule has 0 spiro atoms. The van der Waals surface area contributed by atoms with Crippen LogP contribution in [0.1, 0.15) is 16.1 Å². The molecule has 0 aliphatic rings. The Morgan fingerprint density at radius 2 is 1.76 bits per heavy atom. The van der Waals surface area contributed by atoms with E-state index in [1.165, 1.54) is 36.4 Å². The van der Waals surface area contributed by atoms with Crippen molar-refractivity contribution in [2.75, 3.05) is 0 Å². The average molecular weight is 339 g/mol. The molecule has 0 radical (unpaired) electrons. The number of hydrogen-bond acceptors (Lipinski definition) is 4. The zero-order valence-corrected chi connectivity index (χ0v) is 13.1. The lowest BCUT2D eigenvalue weighted by Crippen LogP contribution is -2.29. The van der Waals surface area contributed by atoms with Crippen LogP contribution < -0.4 is 11.0 Å². The van der Waals surface area contributed by atoms with Gasteiger partial charge in [-0.3, -0.25) is 14.4 Å². The van der Waals surface area contributed by atoms with Gasteiger partial charge < -0.3 is 0 Å². The summed E-state index contributed by atoms with van der Waals surface area (Å²) in [4.78, 5) is 29.2. The van der Waals surface area contributed by atoms with Crippen LogP contribution in [0, 0.1) is 5.82 Å². The maximum atomic E-state index is 13.0. The molecule has 1 heterocycles. The fourth-order valence-corrected chi connectivity index (χ4v) is 2.11. The molecule has 2 aromatic carbocycles. The Labute approximate surface area is 142 Å². The van der Waals surface area contributed by atoms with Gasteiger partial charge in [0.2, 0.25) is 0 Å². The Morgan fingerprint density at radius 1 is 1.04 bits per heavy atom. The summed E-state index contributed by atoms with van der Waals surface area (Å²) in [6.45, 7) is 0.199. The van der Waals surface area contributed by atoms with Crippen LogP contribution in [-0.4, -0.2) is 15.7 Å². The molecule has 0 bridgehead atoms. The van der Waals surface area contributed by atoms with Crippen LogP contribution in [0.15, 0.2) is 71.5 Å². The predicted molar refractivity (Wildman–Crippen MR) is 88.5 cm³/mol. The van der Waals surface area contributed by atoms with Crippen molar-refractivity contribution in [2.24, 2.45) is 0 Å². The van der Waals surface area contributed by atoms with Gasteiger partial charge in [0.1, 0.15) is 5.82 Å². The number of benzene rings is 2. The molecule has 6 nitrogen and oxygen atoms in total. The van der Waals surface area contributed by atoms with Gasteiger partial charge in [-0.25, -0.2) is 9.87 Å². The van der Waals surface area contributed by atoms with Gasteiger partial charge >= 0.3 is 0 Å². The Balaban J connectivity index is 1.71. The minimum absolute atomic E-state index is 0.00279. The van der Waals surface area contributed by atoms with Crippen LogP contribution in [-0.2, 0) is 11.4 Å². The summed E-state index contributed by atoms with van der Waals surface area (Å²) in [7, 11) is 0. The van der Waals surface area contributed by atoms with Gasteiger partial charge in [-0.2, -0.15) is 9.78 Å². The molecule has 0 saturated heterocycles. The zero-order chi connectivity index (χ0) is 17.6. The lowest BCUT2D eigenvalue weighted by Gasteiger charge is -2.08. The van der Waals surface area contributed by atoms with Gasteiger partial charge in [-0.1, -0.05) is 30.3 Å². The van der Waals surface area contributed by atoms with E-state index in [-0.39, 0.29) is 12.3 Å². The molecule has 1 aromatic heterocycles. The highest BCUT2D eigenvalue weighted by atomic mass is 19.1. The molecular weight excluding hydrogens is 325 g/mol. The van der Waals surface area contributed by atoms with E-state index in [1.807, 2.05) is 30.3 Å². The standard InChI is InChI=1S/C18H14FN3O3/c19-14-6-8-15(9-7-14)22-17(23)11-10-16(20-22)18(24)21-25-12-13-4-2-1-3-5-13/h1-11H,12H2,(H,21,24). The molecule has 25 heavy (non-hydrogen) atoms. The first-order chi connectivity index (χ1) is 12.1. The summed E-state index contributed by atoms with van der Waals surface area (Å²) < 4.78 is 14.0. The topological polar surface area (TPSA) is 73.2 Å². The molecule has 3 aromatic rings. The fraction of sp³-hybridized carbons (Fsp3) is 0.0556. The summed E-state index contributed by atoms with van der Waals surface area (Å²) >= 11 is 0. The van der Waals surface area contributed by atoms with Crippen molar-refractivity contribution in [3.05, 3.63) is 94.2 Å². The van der Waals surface area contributed by atoms with Gasteiger partial charge in [-0.05, 0) is 35.9 Å².